The molecule has 3 fully saturated rings. The van der Waals surface area contributed by atoms with Crippen molar-refractivity contribution in [3.63, 3.8) is 0 Å². The molecule has 0 heterocycles. The molecular formula is C17H24Cl3N. The highest BCUT2D eigenvalue weighted by Gasteiger charge is 2.49. The predicted molar refractivity (Wildman–Crippen MR) is 93.7 cm³/mol. The van der Waals surface area contributed by atoms with Crippen LogP contribution in [0.5, 0.6) is 0 Å². The first-order chi connectivity index (χ1) is 9.38. The molecule has 2 N–H and O–H groups in total. The van der Waals surface area contributed by atoms with E-state index in [2.05, 4.69) is 26.0 Å². The van der Waals surface area contributed by atoms with E-state index in [4.69, 9.17) is 28.9 Å². The van der Waals surface area contributed by atoms with Gasteiger partial charge in [-0.25, -0.2) is 0 Å². The van der Waals surface area contributed by atoms with Gasteiger partial charge in [-0.1, -0.05) is 29.3 Å². The number of nitrogens with two attached hydrogens (primary N) is 1. The minimum absolute atomic E-state index is 0. The fourth-order valence-corrected chi connectivity index (χ4v) is 5.03. The normalized spacial score (nSPS) is 31.9. The Morgan fingerprint density at radius 3 is 2.10 bits per heavy atom. The third-order valence-corrected chi connectivity index (χ3v) is 6.15. The van der Waals surface area contributed by atoms with Gasteiger partial charge >= 0.3 is 0 Å². The molecule has 0 spiro atoms. The second kappa shape index (κ2) is 6.28. The first-order valence-electron chi connectivity index (χ1n) is 7.62. The summed E-state index contributed by atoms with van der Waals surface area (Å²) in [5, 5.41) is 1.30. The Kier molecular flexibility index (Phi) is 5.20. The summed E-state index contributed by atoms with van der Waals surface area (Å²) in [5.41, 5.74) is 7.73. The zero-order valence-corrected chi connectivity index (χ0v) is 14.9. The maximum absolute atomic E-state index is 6.53. The molecule has 1 aromatic carbocycles. The van der Waals surface area contributed by atoms with Crippen LogP contribution in [0.2, 0.25) is 10.0 Å². The van der Waals surface area contributed by atoms with Crippen LogP contribution < -0.4 is 5.73 Å². The van der Waals surface area contributed by atoms with Crippen LogP contribution in [0, 0.1) is 17.8 Å². The molecule has 0 saturated heterocycles. The fourth-order valence-electron chi connectivity index (χ4n) is 4.72. The lowest BCUT2D eigenvalue weighted by Crippen LogP contribution is -2.53. The highest BCUT2D eigenvalue weighted by Crippen LogP contribution is 2.56. The molecule has 118 valence electrons. The predicted octanol–water partition coefficient (Wildman–Crippen LogP) is 5.67. The number of halogens is 3. The second-order valence-electron chi connectivity index (χ2n) is 7.22. The lowest BCUT2D eigenvalue weighted by Gasteiger charge is -2.54. The van der Waals surface area contributed by atoms with Gasteiger partial charge < -0.3 is 5.73 Å². The third-order valence-electron chi connectivity index (χ3n) is 5.41. The highest BCUT2D eigenvalue weighted by atomic mass is 35.5. The van der Waals surface area contributed by atoms with Gasteiger partial charge in [0.05, 0.1) is 10.0 Å². The average Bonchev–Trinajstić information content (AvgIpc) is 2.41. The third kappa shape index (κ3) is 3.22. The topological polar surface area (TPSA) is 26.0 Å². The molecule has 3 saturated carbocycles. The molecule has 4 rings (SSSR count). The van der Waals surface area contributed by atoms with Crippen molar-refractivity contribution in [2.75, 3.05) is 0 Å². The summed E-state index contributed by atoms with van der Waals surface area (Å²) in [6.45, 7) is 4.37. The SMILES string of the molecule is CC(C)(N)C1C2CCC(CC2)C1c1ccc(Cl)c(Cl)c1.Cl. The van der Waals surface area contributed by atoms with Gasteiger partial charge in [-0.3, -0.25) is 0 Å². The zero-order valence-electron chi connectivity index (χ0n) is 12.6. The molecule has 3 aliphatic carbocycles. The summed E-state index contributed by atoms with van der Waals surface area (Å²) in [5.74, 6) is 2.61. The molecule has 2 unspecified atom stereocenters. The molecule has 0 aromatic heterocycles. The van der Waals surface area contributed by atoms with Crippen molar-refractivity contribution in [3.8, 4) is 0 Å². The Labute approximate surface area is 144 Å². The molecule has 0 amide bonds. The smallest absolute Gasteiger partial charge is 0.0595 e. The van der Waals surface area contributed by atoms with Crippen LogP contribution in [0.25, 0.3) is 0 Å². The van der Waals surface area contributed by atoms with Gasteiger partial charge in [-0.2, -0.15) is 0 Å². The molecule has 21 heavy (non-hydrogen) atoms. The molecule has 4 heteroatoms. The number of fused-ring (bicyclic) bond motifs is 3. The van der Waals surface area contributed by atoms with E-state index >= 15 is 0 Å². The fraction of sp³-hybridized carbons (Fsp3) is 0.647. The van der Waals surface area contributed by atoms with Gasteiger partial charge in [-0.15, -0.1) is 12.4 Å². The van der Waals surface area contributed by atoms with Gasteiger partial charge in [0, 0.05) is 5.54 Å². The quantitative estimate of drug-likeness (QED) is 0.732. The van der Waals surface area contributed by atoms with Crippen molar-refractivity contribution in [1.29, 1.82) is 0 Å². The van der Waals surface area contributed by atoms with Gasteiger partial charge in [0.15, 0.2) is 0 Å². The Morgan fingerprint density at radius 1 is 1.00 bits per heavy atom. The minimum Gasteiger partial charge on any atom is -0.325 e. The van der Waals surface area contributed by atoms with E-state index in [1.807, 2.05) is 6.07 Å². The van der Waals surface area contributed by atoms with Crippen LogP contribution in [-0.4, -0.2) is 5.54 Å². The van der Waals surface area contributed by atoms with Gasteiger partial charge in [-0.05, 0) is 80.9 Å². The van der Waals surface area contributed by atoms with E-state index in [0.717, 1.165) is 11.8 Å². The molecular weight excluding hydrogens is 325 g/mol. The van der Waals surface area contributed by atoms with Crippen molar-refractivity contribution in [3.05, 3.63) is 33.8 Å². The standard InChI is InChI=1S/C17H23Cl2N.ClH/c1-17(2,20)16-11-5-3-10(4-6-11)15(16)12-7-8-13(18)14(19)9-12;/h7-11,15-16H,3-6,20H2,1-2H3;1H. The van der Waals surface area contributed by atoms with E-state index < -0.39 is 0 Å². The Balaban J connectivity index is 0.00000161. The number of rotatable bonds is 2. The number of hydrogen-bond acceptors (Lipinski definition) is 1. The van der Waals surface area contributed by atoms with Crippen LogP contribution in [0.4, 0.5) is 0 Å². The largest absolute Gasteiger partial charge is 0.325 e. The van der Waals surface area contributed by atoms with Crippen molar-refractivity contribution in [2.45, 2.75) is 51.0 Å². The summed E-state index contributed by atoms with van der Waals surface area (Å²) in [6.07, 6.45) is 5.35. The van der Waals surface area contributed by atoms with E-state index in [-0.39, 0.29) is 17.9 Å². The molecule has 0 aliphatic heterocycles. The molecule has 2 bridgehead atoms. The van der Waals surface area contributed by atoms with E-state index in [1.54, 1.807) is 0 Å². The van der Waals surface area contributed by atoms with Crippen molar-refractivity contribution in [1.82, 2.24) is 0 Å². The van der Waals surface area contributed by atoms with Gasteiger partial charge in [0.1, 0.15) is 0 Å². The van der Waals surface area contributed by atoms with Gasteiger partial charge in [0.25, 0.3) is 0 Å². The molecule has 1 aromatic rings. The van der Waals surface area contributed by atoms with E-state index in [9.17, 15) is 0 Å². The van der Waals surface area contributed by atoms with Crippen LogP contribution in [-0.2, 0) is 0 Å². The van der Waals surface area contributed by atoms with Crippen molar-refractivity contribution < 1.29 is 0 Å². The summed E-state index contributed by atoms with van der Waals surface area (Å²) < 4.78 is 0. The Bertz CT molecular complexity index is 501. The van der Waals surface area contributed by atoms with Crippen LogP contribution in [0.3, 0.4) is 0 Å². The first-order valence-corrected chi connectivity index (χ1v) is 8.37. The molecule has 1 nitrogen and oxygen atoms in total. The molecule has 3 aliphatic rings. The van der Waals surface area contributed by atoms with E-state index in [1.165, 1.54) is 31.2 Å². The van der Waals surface area contributed by atoms with Crippen molar-refractivity contribution >= 4 is 35.6 Å². The lowest BCUT2D eigenvalue weighted by molar-refractivity contribution is 0.0264. The van der Waals surface area contributed by atoms with Crippen LogP contribution >= 0.6 is 35.6 Å². The maximum atomic E-state index is 6.53. The number of hydrogen-bond donors (Lipinski definition) is 1. The monoisotopic (exact) mass is 347 g/mol. The molecule has 2 atom stereocenters. The first kappa shape index (κ1) is 17.4. The molecule has 0 radical (unpaired) electrons. The van der Waals surface area contributed by atoms with Crippen molar-refractivity contribution in [2.24, 2.45) is 23.5 Å². The van der Waals surface area contributed by atoms with Crippen LogP contribution in [0.1, 0.15) is 51.0 Å². The number of benzene rings is 1. The Hall–Kier alpha value is 0.0500. The van der Waals surface area contributed by atoms with Gasteiger partial charge in [0.2, 0.25) is 0 Å². The Morgan fingerprint density at radius 2 is 1.57 bits per heavy atom. The van der Waals surface area contributed by atoms with Crippen LogP contribution in [0.15, 0.2) is 18.2 Å². The zero-order chi connectivity index (χ0) is 14.5. The summed E-state index contributed by atoms with van der Waals surface area (Å²) >= 11 is 12.3. The lowest BCUT2D eigenvalue weighted by atomic mass is 9.52. The maximum Gasteiger partial charge on any atom is 0.0595 e. The summed E-state index contributed by atoms with van der Waals surface area (Å²) in [7, 11) is 0. The highest BCUT2D eigenvalue weighted by molar-refractivity contribution is 6.42. The minimum atomic E-state index is -0.138. The summed E-state index contributed by atoms with van der Waals surface area (Å²) in [6, 6.07) is 6.15. The van der Waals surface area contributed by atoms with E-state index in [0.29, 0.717) is 21.9 Å². The summed E-state index contributed by atoms with van der Waals surface area (Å²) in [4.78, 5) is 0. The average molecular weight is 349 g/mol. The second-order valence-corrected chi connectivity index (χ2v) is 8.04.